The van der Waals surface area contributed by atoms with Crippen LogP contribution in [-0.2, 0) is 12.8 Å². The molecular formula is C13H18AsO. The van der Waals surface area contributed by atoms with Gasteiger partial charge in [-0.25, -0.2) is 0 Å². The molecule has 81 valence electrons. The Kier molecular flexibility index (Phi) is 3.75. The van der Waals surface area contributed by atoms with Gasteiger partial charge in [-0.2, -0.15) is 0 Å². The molecule has 2 rings (SSSR count). The van der Waals surface area contributed by atoms with E-state index in [1.807, 2.05) is 12.1 Å². The summed E-state index contributed by atoms with van der Waals surface area (Å²) >= 11 is 0.529. The molecule has 2 heteroatoms. The van der Waals surface area contributed by atoms with E-state index in [0.717, 1.165) is 11.1 Å². The van der Waals surface area contributed by atoms with Crippen molar-refractivity contribution in [1.29, 1.82) is 0 Å². The molecule has 1 aromatic rings. The average molecular weight is 265 g/mol. The molecule has 0 saturated carbocycles. The van der Waals surface area contributed by atoms with Crippen LogP contribution in [0.2, 0.25) is 9.91 Å². The van der Waals surface area contributed by atoms with Crippen LogP contribution in [0.25, 0.3) is 0 Å². The first-order valence-electron chi connectivity index (χ1n) is 5.77. The zero-order valence-electron chi connectivity index (χ0n) is 9.24. The predicted molar refractivity (Wildman–Crippen MR) is 64.7 cm³/mol. The van der Waals surface area contributed by atoms with Gasteiger partial charge in [0.1, 0.15) is 0 Å². The second-order valence-electron chi connectivity index (χ2n) is 4.22. The van der Waals surface area contributed by atoms with Gasteiger partial charge in [0.15, 0.2) is 0 Å². The number of phenolic OH excluding ortho intramolecular Hbond substituents is 1. The fraction of sp³-hybridized carbons (Fsp3) is 0.538. The van der Waals surface area contributed by atoms with Crippen LogP contribution in [0.4, 0.5) is 0 Å². The second-order valence-corrected chi connectivity index (χ2v) is 7.45. The molecule has 1 aliphatic rings. The van der Waals surface area contributed by atoms with Crippen molar-refractivity contribution >= 4 is 15.8 Å². The van der Waals surface area contributed by atoms with Crippen molar-refractivity contribution in [3.8, 4) is 5.75 Å². The van der Waals surface area contributed by atoms with Crippen LogP contribution in [0.15, 0.2) is 18.2 Å². The van der Waals surface area contributed by atoms with Crippen LogP contribution >= 0.6 is 0 Å². The van der Waals surface area contributed by atoms with E-state index >= 15 is 0 Å². The first kappa shape index (κ1) is 11.1. The van der Waals surface area contributed by atoms with Crippen LogP contribution < -0.4 is 0 Å². The van der Waals surface area contributed by atoms with Crippen molar-refractivity contribution in [3.05, 3.63) is 29.3 Å². The molecule has 0 bridgehead atoms. The summed E-state index contributed by atoms with van der Waals surface area (Å²) in [6.45, 7) is 2.28. The van der Waals surface area contributed by atoms with E-state index in [2.05, 4.69) is 13.0 Å². The molecule has 1 radical (unpaired) electrons. The van der Waals surface area contributed by atoms with E-state index in [1.165, 1.54) is 35.6 Å². The molecule has 0 aromatic heterocycles. The summed E-state index contributed by atoms with van der Waals surface area (Å²) in [5.74, 6) is 0.512. The van der Waals surface area contributed by atoms with Gasteiger partial charge in [0.2, 0.25) is 0 Å². The molecule has 0 saturated heterocycles. The summed E-state index contributed by atoms with van der Waals surface area (Å²) < 4.78 is 0.940. The van der Waals surface area contributed by atoms with Crippen molar-refractivity contribution in [1.82, 2.24) is 0 Å². The first-order valence-corrected chi connectivity index (χ1v) is 8.18. The van der Waals surface area contributed by atoms with E-state index in [-0.39, 0.29) is 0 Å². The SMILES string of the molecule is CCC[As]C1CCc2c(O)cccc2C1. The molecule has 0 aliphatic heterocycles. The van der Waals surface area contributed by atoms with E-state index in [9.17, 15) is 5.11 Å². The van der Waals surface area contributed by atoms with E-state index in [0.29, 0.717) is 21.5 Å². The van der Waals surface area contributed by atoms with Crippen molar-refractivity contribution in [3.63, 3.8) is 0 Å². The van der Waals surface area contributed by atoms with Gasteiger partial charge in [-0.05, 0) is 0 Å². The Balaban J connectivity index is 2.07. The molecule has 0 spiro atoms. The van der Waals surface area contributed by atoms with Crippen LogP contribution in [0.5, 0.6) is 5.75 Å². The van der Waals surface area contributed by atoms with Gasteiger partial charge in [0.25, 0.3) is 0 Å². The molecule has 0 fully saturated rings. The standard InChI is InChI=1S/C13H18AsO/c1-2-8-14-11-6-7-12-10(9-11)4-3-5-13(12)15/h3-5,11,15H,2,6-9H2,1H3. The molecule has 1 atom stereocenters. The fourth-order valence-electron chi connectivity index (χ4n) is 2.24. The minimum atomic E-state index is 0.512. The quantitative estimate of drug-likeness (QED) is 0.832. The molecule has 0 heterocycles. The maximum absolute atomic E-state index is 9.73. The van der Waals surface area contributed by atoms with Crippen molar-refractivity contribution in [2.75, 3.05) is 0 Å². The summed E-state index contributed by atoms with van der Waals surface area (Å²) in [5.41, 5.74) is 2.61. The summed E-state index contributed by atoms with van der Waals surface area (Å²) in [5, 5.41) is 11.2. The van der Waals surface area contributed by atoms with Crippen molar-refractivity contribution in [2.45, 2.75) is 42.5 Å². The molecule has 1 nitrogen and oxygen atoms in total. The van der Waals surface area contributed by atoms with Gasteiger partial charge in [-0.15, -0.1) is 0 Å². The number of rotatable bonds is 3. The second kappa shape index (κ2) is 5.07. The number of aromatic hydroxyl groups is 1. The molecule has 1 aromatic carbocycles. The fourth-order valence-corrected chi connectivity index (χ4v) is 4.88. The van der Waals surface area contributed by atoms with Gasteiger partial charge in [0, 0.05) is 0 Å². The molecule has 15 heavy (non-hydrogen) atoms. The Labute approximate surface area is 98.6 Å². The molecule has 1 aliphatic carbocycles. The zero-order chi connectivity index (χ0) is 10.7. The van der Waals surface area contributed by atoms with Crippen molar-refractivity contribution in [2.24, 2.45) is 0 Å². The third-order valence-corrected chi connectivity index (χ3v) is 6.53. The number of hydrogen-bond donors (Lipinski definition) is 1. The summed E-state index contributed by atoms with van der Waals surface area (Å²) in [6, 6.07) is 5.99. The average Bonchev–Trinajstić information content (AvgIpc) is 2.26. The Morgan fingerprint density at radius 1 is 1.47 bits per heavy atom. The van der Waals surface area contributed by atoms with Gasteiger partial charge in [-0.1, -0.05) is 0 Å². The molecular weight excluding hydrogens is 247 g/mol. The Bertz CT molecular complexity index is 335. The molecule has 1 unspecified atom stereocenters. The first-order chi connectivity index (χ1) is 7.31. The maximum atomic E-state index is 9.73. The third kappa shape index (κ3) is 2.58. The molecule has 0 amide bonds. The van der Waals surface area contributed by atoms with Crippen LogP contribution in [0.1, 0.15) is 30.9 Å². The number of phenols is 1. The Morgan fingerprint density at radius 2 is 2.33 bits per heavy atom. The minimum absolute atomic E-state index is 0.512. The van der Waals surface area contributed by atoms with Crippen LogP contribution in [0, 0.1) is 0 Å². The van der Waals surface area contributed by atoms with Crippen molar-refractivity contribution < 1.29 is 5.11 Å². The monoisotopic (exact) mass is 265 g/mol. The number of fused-ring (bicyclic) bond motifs is 1. The Morgan fingerprint density at radius 3 is 3.13 bits per heavy atom. The van der Waals surface area contributed by atoms with Crippen LogP contribution in [0.3, 0.4) is 0 Å². The zero-order valence-corrected chi connectivity index (χ0v) is 11.1. The predicted octanol–water partition coefficient (Wildman–Crippen LogP) is 3.20. The van der Waals surface area contributed by atoms with Crippen LogP contribution in [-0.4, -0.2) is 20.9 Å². The third-order valence-electron chi connectivity index (χ3n) is 3.04. The Hall–Kier alpha value is -0.422. The van der Waals surface area contributed by atoms with E-state index in [1.54, 1.807) is 0 Å². The van der Waals surface area contributed by atoms with Gasteiger partial charge >= 0.3 is 98.5 Å². The molecule has 1 N–H and O–H groups in total. The topological polar surface area (TPSA) is 20.2 Å². The van der Waals surface area contributed by atoms with Gasteiger partial charge < -0.3 is 0 Å². The van der Waals surface area contributed by atoms with Gasteiger partial charge in [-0.3, -0.25) is 0 Å². The summed E-state index contributed by atoms with van der Waals surface area (Å²) in [6.07, 6.45) is 4.93. The normalized spacial score (nSPS) is 20.7. The number of hydrogen-bond acceptors (Lipinski definition) is 1. The summed E-state index contributed by atoms with van der Waals surface area (Å²) in [7, 11) is 0. The summed E-state index contributed by atoms with van der Waals surface area (Å²) in [4.78, 5) is 0. The van der Waals surface area contributed by atoms with E-state index < -0.39 is 0 Å². The van der Waals surface area contributed by atoms with Gasteiger partial charge in [0.05, 0.1) is 0 Å². The number of benzene rings is 1. The van der Waals surface area contributed by atoms with E-state index in [4.69, 9.17) is 0 Å².